The second-order valence-electron chi connectivity index (χ2n) is 2.96. The van der Waals surface area contributed by atoms with Gasteiger partial charge in [0.2, 0.25) is 0 Å². The lowest BCUT2D eigenvalue weighted by Gasteiger charge is -2.05. The van der Waals surface area contributed by atoms with Gasteiger partial charge in [0.05, 0.1) is 8.71 Å². The van der Waals surface area contributed by atoms with E-state index in [1.54, 1.807) is 48.6 Å². The molecule has 0 spiro atoms. The molecule has 0 aliphatic carbocycles. The third kappa shape index (κ3) is 3.18. The van der Waals surface area contributed by atoms with Gasteiger partial charge >= 0.3 is 0 Å². The average Bonchev–Trinajstić information content (AvgIpc) is 2.30. The summed E-state index contributed by atoms with van der Waals surface area (Å²) in [5.74, 6) is 0. The summed E-state index contributed by atoms with van der Waals surface area (Å²) in [6.45, 7) is 3.53. The fraction of sp³-hybridized carbons (Fsp3) is 0. The first-order valence-corrected chi connectivity index (χ1v) is 6.93. The zero-order chi connectivity index (χ0) is 12.0. The predicted molar refractivity (Wildman–Crippen MR) is 71.9 cm³/mol. The van der Waals surface area contributed by atoms with Crippen LogP contribution in [0, 0.1) is 4.78 Å². The number of hydrogen-bond donors (Lipinski definition) is 1. The van der Waals surface area contributed by atoms with E-state index >= 15 is 0 Å². The van der Waals surface area contributed by atoms with Crippen molar-refractivity contribution in [1.82, 2.24) is 0 Å². The van der Waals surface area contributed by atoms with Gasteiger partial charge in [-0.3, -0.25) is 0 Å². The van der Waals surface area contributed by atoms with Crippen molar-refractivity contribution < 1.29 is 4.21 Å². The maximum absolute atomic E-state index is 12.2. The van der Waals surface area contributed by atoms with Crippen molar-refractivity contribution in [2.45, 2.75) is 4.90 Å². The molecule has 84 valence electrons. The Labute approximate surface area is 104 Å². The second-order valence-corrected chi connectivity index (χ2v) is 6.36. The molecule has 1 unspecified atom stereocenters. The van der Waals surface area contributed by atoms with Crippen LogP contribution in [0.15, 0.2) is 69.9 Å². The van der Waals surface area contributed by atoms with E-state index in [9.17, 15) is 4.21 Å². The summed E-state index contributed by atoms with van der Waals surface area (Å²) in [5, 5.41) is 0. The monoisotopic (exact) mass is 297 g/mol. The molecule has 0 bridgehead atoms. The Morgan fingerprint density at radius 1 is 1.31 bits per heavy atom. The lowest BCUT2D eigenvalue weighted by atomic mass is 10.4. The zero-order valence-electron chi connectivity index (χ0n) is 8.60. The van der Waals surface area contributed by atoms with Gasteiger partial charge in [0.1, 0.15) is 9.73 Å². The van der Waals surface area contributed by atoms with E-state index in [1.165, 1.54) is 0 Å². The van der Waals surface area contributed by atoms with Crippen molar-refractivity contribution in [3.05, 3.63) is 65.0 Å². The van der Waals surface area contributed by atoms with Crippen LogP contribution in [0.3, 0.4) is 0 Å². The predicted octanol–water partition coefficient (Wildman–Crippen LogP) is 4.07. The van der Waals surface area contributed by atoms with Gasteiger partial charge in [0, 0.05) is 0 Å². The van der Waals surface area contributed by atoms with Gasteiger partial charge in [-0.2, -0.15) is 0 Å². The van der Waals surface area contributed by atoms with Crippen LogP contribution in [-0.2, 0) is 9.73 Å². The summed E-state index contributed by atoms with van der Waals surface area (Å²) in [6, 6.07) is 8.73. The number of nitrogens with one attached hydrogen (secondary N) is 1. The molecule has 0 aliphatic heterocycles. The minimum absolute atomic E-state index is 0.351. The molecule has 1 N–H and O–H groups in total. The molecule has 0 aromatic heterocycles. The van der Waals surface area contributed by atoms with E-state index < -0.39 is 9.73 Å². The molecular formula is C12H12BrNOS. The van der Waals surface area contributed by atoms with E-state index in [4.69, 9.17) is 4.78 Å². The largest absolute Gasteiger partial charge is 0.244 e. The lowest BCUT2D eigenvalue weighted by molar-refractivity contribution is 0.680. The third-order valence-electron chi connectivity index (χ3n) is 1.82. The van der Waals surface area contributed by atoms with Crippen molar-refractivity contribution in [2.75, 3.05) is 0 Å². The Morgan fingerprint density at radius 2 is 1.94 bits per heavy atom. The van der Waals surface area contributed by atoms with Crippen LogP contribution in [0.25, 0.3) is 0 Å². The van der Waals surface area contributed by atoms with E-state index in [1.807, 2.05) is 6.07 Å². The first kappa shape index (κ1) is 12.9. The maximum Gasteiger partial charge on any atom is 0.108 e. The minimum atomic E-state index is -2.93. The second kappa shape index (κ2) is 5.82. The molecule has 0 aliphatic rings. The number of allylic oxidation sites excluding steroid dienone is 4. The number of rotatable bonds is 4. The van der Waals surface area contributed by atoms with E-state index in [0.717, 1.165) is 0 Å². The number of hydrogen-bond acceptors (Lipinski definition) is 2. The molecule has 1 aromatic rings. The van der Waals surface area contributed by atoms with Gasteiger partial charge in [-0.25, -0.2) is 8.99 Å². The van der Waals surface area contributed by atoms with Crippen LogP contribution in [0.4, 0.5) is 0 Å². The molecule has 0 saturated carbocycles. The molecule has 0 saturated heterocycles. The van der Waals surface area contributed by atoms with Gasteiger partial charge in [-0.05, 0) is 34.1 Å². The van der Waals surface area contributed by atoms with Crippen molar-refractivity contribution in [3.8, 4) is 0 Å². The smallest absolute Gasteiger partial charge is 0.108 e. The Morgan fingerprint density at radius 3 is 2.50 bits per heavy atom. The lowest BCUT2D eigenvalue weighted by Crippen LogP contribution is -1.97. The highest BCUT2D eigenvalue weighted by Gasteiger charge is 2.12. The maximum atomic E-state index is 12.2. The first-order valence-electron chi connectivity index (χ1n) is 4.58. The Bertz CT molecular complexity index is 515. The molecule has 1 atom stereocenters. The highest BCUT2D eigenvalue weighted by atomic mass is 79.9. The van der Waals surface area contributed by atoms with Crippen LogP contribution in [-0.4, -0.2) is 4.21 Å². The molecule has 0 amide bonds. The SMILES string of the molecule is C=C/C=C/C=C(\Br)S(=N)(=O)c1ccccc1. The number of benzene rings is 1. The normalized spacial score (nSPS) is 15.9. The quantitative estimate of drug-likeness (QED) is 0.836. The molecule has 4 heteroatoms. The fourth-order valence-corrected chi connectivity index (χ4v) is 2.78. The standard InChI is InChI=1S/C12H12BrNOS/c1-2-3-5-10-12(13)16(14,15)11-8-6-4-7-9-11/h2-10,14H,1H2/b5-3+,12-10+. The van der Waals surface area contributed by atoms with Crippen molar-refractivity contribution in [1.29, 1.82) is 4.78 Å². The van der Waals surface area contributed by atoms with Crippen molar-refractivity contribution in [3.63, 3.8) is 0 Å². The van der Waals surface area contributed by atoms with Crippen LogP contribution in [0.2, 0.25) is 0 Å². The van der Waals surface area contributed by atoms with Gasteiger partial charge < -0.3 is 0 Å². The summed E-state index contributed by atoms with van der Waals surface area (Å²) in [6.07, 6.45) is 6.62. The molecule has 2 nitrogen and oxygen atoms in total. The van der Waals surface area contributed by atoms with Gasteiger partial charge in [-0.15, -0.1) is 0 Å². The molecule has 0 heterocycles. The fourth-order valence-electron chi connectivity index (χ4n) is 1.03. The van der Waals surface area contributed by atoms with E-state index in [-0.39, 0.29) is 0 Å². The van der Waals surface area contributed by atoms with Gasteiger partial charge in [0.25, 0.3) is 0 Å². The summed E-state index contributed by atoms with van der Waals surface area (Å²) in [7, 11) is -2.93. The summed E-state index contributed by atoms with van der Waals surface area (Å²) >= 11 is 3.18. The van der Waals surface area contributed by atoms with Crippen LogP contribution in [0.1, 0.15) is 0 Å². The summed E-state index contributed by atoms with van der Waals surface area (Å²) in [4.78, 5) is 0.491. The molecule has 0 fully saturated rings. The third-order valence-corrected chi connectivity index (χ3v) is 5.08. The Balaban J connectivity index is 3.08. The first-order chi connectivity index (χ1) is 7.59. The molecule has 0 radical (unpaired) electrons. The number of halogens is 1. The van der Waals surface area contributed by atoms with Crippen molar-refractivity contribution in [2.24, 2.45) is 0 Å². The zero-order valence-corrected chi connectivity index (χ0v) is 11.0. The summed E-state index contributed by atoms with van der Waals surface area (Å²) in [5.41, 5.74) is 0. The highest BCUT2D eigenvalue weighted by Crippen LogP contribution is 2.24. The molecule has 1 rings (SSSR count). The van der Waals surface area contributed by atoms with Crippen LogP contribution >= 0.6 is 15.9 Å². The molecule has 16 heavy (non-hydrogen) atoms. The van der Waals surface area contributed by atoms with Crippen LogP contribution < -0.4 is 0 Å². The topological polar surface area (TPSA) is 40.9 Å². The molecule has 1 aromatic carbocycles. The van der Waals surface area contributed by atoms with Crippen molar-refractivity contribution >= 4 is 25.7 Å². The minimum Gasteiger partial charge on any atom is -0.244 e. The van der Waals surface area contributed by atoms with Gasteiger partial charge in [-0.1, -0.05) is 43.0 Å². The average molecular weight is 298 g/mol. The van der Waals surface area contributed by atoms with E-state index in [2.05, 4.69) is 22.5 Å². The Hall–Kier alpha value is -1.13. The van der Waals surface area contributed by atoms with Gasteiger partial charge in [0.15, 0.2) is 0 Å². The Kier molecular flexibility index (Phi) is 4.71. The van der Waals surface area contributed by atoms with Crippen LogP contribution in [0.5, 0.6) is 0 Å². The van der Waals surface area contributed by atoms with E-state index in [0.29, 0.717) is 8.71 Å². The highest BCUT2D eigenvalue weighted by molar-refractivity contribution is 9.13. The molecular weight excluding hydrogens is 286 g/mol. The summed E-state index contributed by atoms with van der Waals surface area (Å²) < 4.78 is 20.4.